The minimum atomic E-state index is -4.28. The number of rotatable bonds is 17. The third-order valence-corrected chi connectivity index (χ3v) is 8.01. The lowest BCUT2D eigenvalue weighted by atomic mass is 9.88. The van der Waals surface area contributed by atoms with E-state index in [1.807, 2.05) is 31.2 Å². The van der Waals surface area contributed by atoms with Gasteiger partial charge < -0.3 is 0 Å². The lowest BCUT2D eigenvalue weighted by Gasteiger charge is -2.20. The first-order valence-corrected chi connectivity index (χ1v) is 14.9. The zero-order chi connectivity index (χ0) is 24.1. The summed E-state index contributed by atoms with van der Waals surface area (Å²) in [6.07, 6.45) is 19.4. The molecule has 0 saturated heterocycles. The summed E-state index contributed by atoms with van der Waals surface area (Å²) in [6.45, 7) is 6.37. The molecule has 1 N–H and O–H groups in total. The summed E-state index contributed by atoms with van der Waals surface area (Å²) in [5.41, 5.74) is 3.20. The molecule has 0 atom stereocenters. The molecular formula is C29H46O3S. The molecule has 4 heteroatoms. The highest BCUT2D eigenvalue weighted by Crippen LogP contribution is 2.35. The van der Waals surface area contributed by atoms with Crippen LogP contribution in [0.15, 0.2) is 29.2 Å². The van der Waals surface area contributed by atoms with Crippen LogP contribution in [0.25, 0.3) is 10.8 Å². The van der Waals surface area contributed by atoms with Gasteiger partial charge in [0.15, 0.2) is 0 Å². The van der Waals surface area contributed by atoms with Gasteiger partial charge >= 0.3 is 0 Å². The molecule has 0 aliphatic carbocycles. The number of aryl methyl sites for hydroxylation is 1. The van der Waals surface area contributed by atoms with Gasteiger partial charge in [-0.1, -0.05) is 115 Å². The smallest absolute Gasteiger partial charge is 0.282 e. The van der Waals surface area contributed by atoms with Crippen molar-refractivity contribution in [2.45, 2.75) is 128 Å². The largest absolute Gasteiger partial charge is 0.295 e. The van der Waals surface area contributed by atoms with Crippen LogP contribution in [-0.2, 0) is 23.0 Å². The SMILES string of the molecule is CCCCCCCCCc1c(C)c(S(=O)(=O)O)c2ccccc2c1CCCCCCCCC. The van der Waals surface area contributed by atoms with Crippen molar-refractivity contribution in [3.05, 3.63) is 41.0 Å². The molecule has 2 rings (SSSR count). The summed E-state index contributed by atoms with van der Waals surface area (Å²) in [6, 6.07) is 7.73. The molecule has 33 heavy (non-hydrogen) atoms. The molecule has 0 amide bonds. The fourth-order valence-electron chi connectivity index (χ4n) is 5.15. The summed E-state index contributed by atoms with van der Waals surface area (Å²) < 4.78 is 34.8. The molecule has 186 valence electrons. The molecule has 2 aromatic carbocycles. The lowest BCUT2D eigenvalue weighted by molar-refractivity contribution is 0.483. The van der Waals surface area contributed by atoms with Crippen molar-refractivity contribution in [1.29, 1.82) is 0 Å². The molecule has 0 unspecified atom stereocenters. The van der Waals surface area contributed by atoms with Gasteiger partial charge in [0, 0.05) is 5.39 Å². The van der Waals surface area contributed by atoms with Crippen molar-refractivity contribution in [1.82, 2.24) is 0 Å². The van der Waals surface area contributed by atoms with Crippen LogP contribution in [0.3, 0.4) is 0 Å². The second kappa shape index (κ2) is 14.8. The zero-order valence-electron chi connectivity index (χ0n) is 21.3. The van der Waals surface area contributed by atoms with Crippen LogP contribution in [0.1, 0.15) is 120 Å². The Morgan fingerprint density at radius 2 is 1.06 bits per heavy atom. The average molecular weight is 475 g/mol. The minimum Gasteiger partial charge on any atom is -0.282 e. The Bertz CT molecular complexity index is 947. The first-order chi connectivity index (χ1) is 15.9. The molecule has 3 nitrogen and oxygen atoms in total. The lowest BCUT2D eigenvalue weighted by Crippen LogP contribution is -2.09. The van der Waals surface area contributed by atoms with Crippen molar-refractivity contribution in [3.8, 4) is 0 Å². The van der Waals surface area contributed by atoms with Crippen LogP contribution in [0.2, 0.25) is 0 Å². The maximum absolute atomic E-state index is 12.3. The van der Waals surface area contributed by atoms with Gasteiger partial charge in [-0.05, 0) is 54.7 Å². The van der Waals surface area contributed by atoms with E-state index in [0.717, 1.165) is 42.2 Å². The Morgan fingerprint density at radius 1 is 0.636 bits per heavy atom. The molecule has 0 fully saturated rings. The van der Waals surface area contributed by atoms with Gasteiger partial charge in [-0.3, -0.25) is 4.55 Å². The van der Waals surface area contributed by atoms with E-state index in [9.17, 15) is 13.0 Å². The standard InChI is InChI=1S/C29H46O3S/c1-4-6-8-10-12-14-16-20-25-24(3)29(33(30,31)32)28-23-19-18-22-27(28)26(25)21-17-15-13-11-9-7-5-2/h18-19,22-23H,4-17,20-21H2,1-3H3,(H,30,31,32). The van der Waals surface area contributed by atoms with Crippen molar-refractivity contribution in [2.24, 2.45) is 0 Å². The van der Waals surface area contributed by atoms with Crippen LogP contribution in [0.5, 0.6) is 0 Å². The van der Waals surface area contributed by atoms with Gasteiger partial charge in [-0.2, -0.15) is 8.42 Å². The average Bonchev–Trinajstić information content (AvgIpc) is 2.78. The van der Waals surface area contributed by atoms with Gasteiger partial charge in [-0.25, -0.2) is 0 Å². The van der Waals surface area contributed by atoms with Crippen LogP contribution in [0, 0.1) is 6.92 Å². The summed E-state index contributed by atoms with van der Waals surface area (Å²) >= 11 is 0. The summed E-state index contributed by atoms with van der Waals surface area (Å²) in [5.74, 6) is 0. The van der Waals surface area contributed by atoms with Crippen molar-refractivity contribution in [3.63, 3.8) is 0 Å². The Morgan fingerprint density at radius 3 is 1.55 bits per heavy atom. The molecular weight excluding hydrogens is 428 g/mol. The highest BCUT2D eigenvalue weighted by molar-refractivity contribution is 7.86. The second-order valence-corrected chi connectivity index (χ2v) is 11.0. The van der Waals surface area contributed by atoms with Crippen LogP contribution in [0.4, 0.5) is 0 Å². The van der Waals surface area contributed by atoms with E-state index in [4.69, 9.17) is 0 Å². The normalized spacial score (nSPS) is 12.0. The van der Waals surface area contributed by atoms with Gasteiger partial charge in [0.05, 0.1) is 0 Å². The number of hydrogen-bond donors (Lipinski definition) is 1. The second-order valence-electron chi connectivity index (χ2n) is 9.67. The molecule has 0 saturated carbocycles. The Labute approximate surface area is 203 Å². The van der Waals surface area contributed by atoms with Gasteiger partial charge in [0.25, 0.3) is 10.1 Å². The van der Waals surface area contributed by atoms with Crippen molar-refractivity contribution in [2.75, 3.05) is 0 Å². The first-order valence-electron chi connectivity index (χ1n) is 13.4. The predicted octanol–water partition coefficient (Wildman–Crippen LogP) is 8.98. The predicted molar refractivity (Wildman–Crippen MR) is 142 cm³/mol. The van der Waals surface area contributed by atoms with Gasteiger partial charge in [0.2, 0.25) is 0 Å². The van der Waals surface area contributed by atoms with E-state index in [1.165, 1.54) is 82.6 Å². The minimum absolute atomic E-state index is 0.111. The molecule has 0 radical (unpaired) electrons. The quantitative estimate of drug-likeness (QED) is 0.184. The number of unbranched alkanes of at least 4 members (excludes halogenated alkanes) is 12. The molecule has 0 aliphatic rings. The van der Waals surface area contributed by atoms with Gasteiger partial charge in [-0.15, -0.1) is 0 Å². The fourth-order valence-corrected chi connectivity index (χ4v) is 6.11. The highest BCUT2D eigenvalue weighted by atomic mass is 32.2. The van der Waals surface area contributed by atoms with E-state index < -0.39 is 10.1 Å². The number of hydrogen-bond acceptors (Lipinski definition) is 2. The maximum atomic E-state index is 12.3. The van der Waals surface area contributed by atoms with Gasteiger partial charge in [0.1, 0.15) is 4.90 Å². The van der Waals surface area contributed by atoms with E-state index in [1.54, 1.807) is 0 Å². The van der Waals surface area contributed by atoms with Crippen molar-refractivity contribution >= 4 is 20.9 Å². The summed E-state index contributed by atoms with van der Waals surface area (Å²) in [5, 5.41) is 1.67. The molecule has 0 aromatic heterocycles. The first kappa shape index (κ1) is 27.9. The zero-order valence-corrected chi connectivity index (χ0v) is 22.1. The Balaban J connectivity index is 2.23. The van der Waals surface area contributed by atoms with E-state index in [2.05, 4.69) is 13.8 Å². The van der Waals surface area contributed by atoms with Crippen LogP contribution in [-0.4, -0.2) is 13.0 Å². The van der Waals surface area contributed by atoms with E-state index >= 15 is 0 Å². The van der Waals surface area contributed by atoms with E-state index in [-0.39, 0.29) is 4.90 Å². The molecule has 2 aromatic rings. The molecule has 0 aliphatic heterocycles. The molecule has 0 bridgehead atoms. The third kappa shape index (κ3) is 8.72. The summed E-state index contributed by atoms with van der Waals surface area (Å²) in [4.78, 5) is 0.111. The monoisotopic (exact) mass is 474 g/mol. The fraction of sp³-hybridized carbons (Fsp3) is 0.655. The van der Waals surface area contributed by atoms with Crippen LogP contribution >= 0.6 is 0 Å². The molecule has 0 spiro atoms. The van der Waals surface area contributed by atoms with Crippen LogP contribution < -0.4 is 0 Å². The topological polar surface area (TPSA) is 54.4 Å². The summed E-state index contributed by atoms with van der Waals surface area (Å²) in [7, 11) is -4.28. The third-order valence-electron chi connectivity index (χ3n) is 6.97. The molecule has 0 heterocycles. The Kier molecular flexibility index (Phi) is 12.5. The number of fused-ring (bicyclic) bond motifs is 1. The Hall–Kier alpha value is -1.39. The van der Waals surface area contributed by atoms with E-state index in [0.29, 0.717) is 5.39 Å². The highest BCUT2D eigenvalue weighted by Gasteiger charge is 2.23. The number of benzene rings is 2. The maximum Gasteiger partial charge on any atom is 0.295 e. The van der Waals surface area contributed by atoms with Crippen molar-refractivity contribution < 1.29 is 13.0 Å².